The van der Waals surface area contributed by atoms with Crippen LogP contribution in [0.4, 0.5) is 0 Å². The molecule has 1 fully saturated rings. The van der Waals surface area contributed by atoms with Gasteiger partial charge in [0.1, 0.15) is 5.69 Å². The number of aromatic nitrogens is 1. The summed E-state index contributed by atoms with van der Waals surface area (Å²) in [5, 5.41) is 2.88. The van der Waals surface area contributed by atoms with Crippen LogP contribution in [0.25, 0.3) is 0 Å². The van der Waals surface area contributed by atoms with Crippen LogP contribution in [0.1, 0.15) is 48.1 Å². The lowest BCUT2D eigenvalue weighted by atomic mass is 9.80. The molecule has 1 aromatic rings. The predicted molar refractivity (Wildman–Crippen MR) is 70.3 cm³/mol. The van der Waals surface area contributed by atoms with E-state index >= 15 is 0 Å². The third-order valence-electron chi connectivity index (χ3n) is 3.55. The highest BCUT2D eigenvalue weighted by atomic mass is 32.1. The first-order valence-electron chi connectivity index (χ1n) is 6.39. The second-order valence-electron chi connectivity index (χ2n) is 4.99. The van der Waals surface area contributed by atoms with Gasteiger partial charge in [0.2, 0.25) is 0 Å². The van der Waals surface area contributed by atoms with E-state index in [1.165, 1.54) is 12.8 Å². The van der Waals surface area contributed by atoms with Crippen LogP contribution in [0.2, 0.25) is 0 Å². The van der Waals surface area contributed by atoms with Gasteiger partial charge in [0.05, 0.1) is 5.01 Å². The van der Waals surface area contributed by atoms with E-state index in [0.29, 0.717) is 12.2 Å². The van der Waals surface area contributed by atoms with E-state index in [2.05, 4.69) is 11.9 Å². The van der Waals surface area contributed by atoms with Crippen LogP contribution in [0.15, 0.2) is 5.38 Å². The van der Waals surface area contributed by atoms with E-state index in [1.54, 1.807) is 11.3 Å². The fraction of sp³-hybridized carbons (Fsp3) is 0.692. The Kier molecular flexibility index (Phi) is 4.29. The van der Waals surface area contributed by atoms with Crippen LogP contribution in [0.5, 0.6) is 0 Å². The third kappa shape index (κ3) is 3.13. The molecule has 1 saturated carbocycles. The van der Waals surface area contributed by atoms with E-state index in [0.717, 1.165) is 30.2 Å². The van der Waals surface area contributed by atoms with Crippen molar-refractivity contribution in [2.45, 2.75) is 39.0 Å². The van der Waals surface area contributed by atoms with Crippen molar-refractivity contribution in [3.63, 3.8) is 0 Å². The number of carbonyl (C=O) groups is 1. The topological polar surface area (TPSA) is 56.0 Å². The van der Waals surface area contributed by atoms with Crippen molar-refractivity contribution in [1.82, 2.24) is 4.98 Å². The molecule has 1 aromatic heterocycles. The molecule has 3 nitrogen and oxygen atoms in total. The maximum Gasteiger partial charge on any atom is 0.185 e. The van der Waals surface area contributed by atoms with Crippen LogP contribution < -0.4 is 5.73 Å². The number of carbonyl (C=O) groups excluding carboxylic acids is 1. The highest BCUT2D eigenvalue weighted by molar-refractivity contribution is 7.09. The molecule has 0 atom stereocenters. The second kappa shape index (κ2) is 5.74. The van der Waals surface area contributed by atoms with Crippen LogP contribution in [0, 0.1) is 11.8 Å². The number of ketones is 1. The number of thiazole rings is 1. The van der Waals surface area contributed by atoms with Gasteiger partial charge in [0.25, 0.3) is 0 Å². The summed E-state index contributed by atoms with van der Waals surface area (Å²) in [6, 6.07) is 0. The molecule has 0 spiro atoms. The van der Waals surface area contributed by atoms with E-state index in [4.69, 9.17) is 5.73 Å². The summed E-state index contributed by atoms with van der Waals surface area (Å²) in [6.07, 6.45) is 5.19. The summed E-state index contributed by atoms with van der Waals surface area (Å²) in [4.78, 5) is 16.6. The monoisotopic (exact) mass is 252 g/mol. The Morgan fingerprint density at radius 3 is 2.82 bits per heavy atom. The van der Waals surface area contributed by atoms with Crippen molar-refractivity contribution >= 4 is 17.1 Å². The smallest absolute Gasteiger partial charge is 0.185 e. The number of rotatable bonds is 4. The Morgan fingerprint density at radius 2 is 2.18 bits per heavy atom. The molecule has 17 heavy (non-hydrogen) atoms. The van der Waals surface area contributed by atoms with Crippen molar-refractivity contribution in [2.24, 2.45) is 17.6 Å². The third-order valence-corrected chi connectivity index (χ3v) is 4.46. The van der Waals surface area contributed by atoms with Gasteiger partial charge in [0, 0.05) is 17.7 Å². The SMILES string of the molecule is CC1CCC(C(=O)c2csc(CCN)n2)CC1. The molecule has 2 rings (SSSR count). The zero-order valence-corrected chi connectivity index (χ0v) is 11.1. The lowest BCUT2D eigenvalue weighted by molar-refractivity contribution is 0.0871. The van der Waals surface area contributed by atoms with Crippen molar-refractivity contribution in [3.8, 4) is 0 Å². The lowest BCUT2D eigenvalue weighted by Gasteiger charge is -2.24. The highest BCUT2D eigenvalue weighted by Crippen LogP contribution is 2.30. The van der Waals surface area contributed by atoms with Crippen molar-refractivity contribution in [1.29, 1.82) is 0 Å². The Balaban J connectivity index is 1.98. The largest absolute Gasteiger partial charge is 0.330 e. The van der Waals surface area contributed by atoms with Crippen LogP contribution in [0.3, 0.4) is 0 Å². The summed E-state index contributed by atoms with van der Waals surface area (Å²) >= 11 is 1.56. The van der Waals surface area contributed by atoms with Crippen molar-refractivity contribution in [3.05, 3.63) is 16.1 Å². The number of nitrogens with two attached hydrogens (primary N) is 1. The first kappa shape index (κ1) is 12.7. The minimum Gasteiger partial charge on any atom is -0.330 e. The molecule has 4 heteroatoms. The maximum atomic E-state index is 12.2. The normalized spacial score (nSPS) is 24.8. The minimum atomic E-state index is 0.207. The average molecular weight is 252 g/mol. The molecule has 1 heterocycles. The van der Waals surface area contributed by atoms with E-state index in [9.17, 15) is 4.79 Å². The number of hydrogen-bond donors (Lipinski definition) is 1. The molecule has 0 amide bonds. The molecule has 0 bridgehead atoms. The molecule has 2 N–H and O–H groups in total. The van der Waals surface area contributed by atoms with Gasteiger partial charge in [-0.25, -0.2) is 4.98 Å². The van der Waals surface area contributed by atoms with Gasteiger partial charge in [-0.1, -0.05) is 19.8 Å². The lowest BCUT2D eigenvalue weighted by Crippen LogP contribution is -2.21. The Hall–Kier alpha value is -0.740. The van der Waals surface area contributed by atoms with E-state index in [-0.39, 0.29) is 11.7 Å². The fourth-order valence-electron chi connectivity index (χ4n) is 2.39. The second-order valence-corrected chi connectivity index (χ2v) is 5.93. The molecule has 94 valence electrons. The minimum absolute atomic E-state index is 0.207. The molecule has 0 radical (unpaired) electrons. The van der Waals surface area contributed by atoms with Crippen LogP contribution >= 0.6 is 11.3 Å². The zero-order valence-electron chi connectivity index (χ0n) is 10.3. The molecular weight excluding hydrogens is 232 g/mol. The van der Waals surface area contributed by atoms with Gasteiger partial charge in [-0.3, -0.25) is 4.79 Å². The molecule has 1 aliphatic carbocycles. The average Bonchev–Trinajstić information content (AvgIpc) is 2.78. The zero-order chi connectivity index (χ0) is 12.3. The first-order chi connectivity index (χ1) is 8.20. The summed E-state index contributed by atoms with van der Waals surface area (Å²) < 4.78 is 0. The van der Waals surface area contributed by atoms with E-state index in [1.807, 2.05) is 5.38 Å². The van der Waals surface area contributed by atoms with Crippen LogP contribution in [-0.4, -0.2) is 17.3 Å². The fourth-order valence-corrected chi connectivity index (χ4v) is 3.20. The predicted octanol–water partition coefficient (Wildman–Crippen LogP) is 2.65. The molecule has 0 aliphatic heterocycles. The van der Waals surface area contributed by atoms with Gasteiger partial charge in [-0.2, -0.15) is 0 Å². The quantitative estimate of drug-likeness (QED) is 0.838. The van der Waals surface area contributed by atoms with Gasteiger partial charge in [-0.15, -0.1) is 11.3 Å². The number of Topliss-reactive ketones (excluding diaryl/α,β-unsaturated/α-hetero) is 1. The van der Waals surface area contributed by atoms with Crippen molar-refractivity contribution in [2.75, 3.05) is 6.54 Å². The Morgan fingerprint density at radius 1 is 1.47 bits per heavy atom. The molecule has 0 aromatic carbocycles. The highest BCUT2D eigenvalue weighted by Gasteiger charge is 2.26. The number of nitrogens with zero attached hydrogens (tertiary/aromatic N) is 1. The summed E-state index contributed by atoms with van der Waals surface area (Å²) in [7, 11) is 0. The van der Waals surface area contributed by atoms with Crippen molar-refractivity contribution < 1.29 is 4.79 Å². The van der Waals surface area contributed by atoms with Gasteiger partial charge in [0.15, 0.2) is 5.78 Å². The summed E-state index contributed by atoms with van der Waals surface area (Å²) in [5.74, 6) is 1.23. The molecular formula is C13H20N2OS. The van der Waals surface area contributed by atoms with Crippen LogP contribution in [-0.2, 0) is 6.42 Å². The van der Waals surface area contributed by atoms with Gasteiger partial charge in [-0.05, 0) is 25.3 Å². The standard InChI is InChI=1S/C13H20N2OS/c1-9-2-4-10(5-3-9)13(16)11-8-17-12(15-11)6-7-14/h8-10H,2-7,14H2,1H3. The molecule has 0 saturated heterocycles. The maximum absolute atomic E-state index is 12.2. The molecule has 0 unspecified atom stereocenters. The Bertz CT molecular complexity index is 381. The van der Waals surface area contributed by atoms with E-state index < -0.39 is 0 Å². The van der Waals surface area contributed by atoms with Gasteiger partial charge >= 0.3 is 0 Å². The van der Waals surface area contributed by atoms with Gasteiger partial charge < -0.3 is 5.73 Å². The first-order valence-corrected chi connectivity index (χ1v) is 7.27. The Labute approximate surface area is 106 Å². The number of hydrogen-bond acceptors (Lipinski definition) is 4. The summed E-state index contributed by atoms with van der Waals surface area (Å²) in [5.41, 5.74) is 6.15. The molecule has 1 aliphatic rings. The summed E-state index contributed by atoms with van der Waals surface area (Å²) in [6.45, 7) is 2.87.